The number of aromatic nitrogens is 3. The zero-order valence-electron chi connectivity index (χ0n) is 14.8. The van der Waals surface area contributed by atoms with Crippen LogP contribution in [0.5, 0.6) is 5.75 Å². The van der Waals surface area contributed by atoms with E-state index in [-0.39, 0.29) is 17.4 Å². The first-order chi connectivity index (χ1) is 13.0. The molecule has 8 heteroatoms. The molecule has 1 N–H and O–H groups in total. The van der Waals surface area contributed by atoms with E-state index in [1.807, 2.05) is 24.3 Å². The Morgan fingerprint density at radius 2 is 1.81 bits per heavy atom. The second kappa shape index (κ2) is 7.94. The van der Waals surface area contributed by atoms with Gasteiger partial charge < -0.3 is 10.1 Å². The average molecular weight is 372 g/mol. The van der Waals surface area contributed by atoms with Gasteiger partial charge in [-0.2, -0.15) is 8.78 Å². The molecule has 3 aromatic rings. The smallest absolute Gasteiger partial charge is 0.387 e. The highest BCUT2D eigenvalue weighted by atomic mass is 19.3. The maximum absolute atomic E-state index is 12.5. The lowest BCUT2D eigenvalue weighted by atomic mass is 10.1. The summed E-state index contributed by atoms with van der Waals surface area (Å²) >= 11 is 0. The van der Waals surface area contributed by atoms with Gasteiger partial charge in [0.15, 0.2) is 5.69 Å². The number of anilines is 1. The molecule has 0 aliphatic carbocycles. The second-order valence-electron chi connectivity index (χ2n) is 5.81. The van der Waals surface area contributed by atoms with Crippen LogP contribution in [0.2, 0.25) is 0 Å². The predicted octanol–water partition coefficient (Wildman–Crippen LogP) is 3.99. The molecule has 1 heterocycles. The van der Waals surface area contributed by atoms with E-state index in [9.17, 15) is 13.6 Å². The first-order valence-electron chi connectivity index (χ1n) is 8.35. The summed E-state index contributed by atoms with van der Waals surface area (Å²) in [4.78, 5) is 12.5. The molecule has 0 unspecified atom stereocenters. The molecule has 0 radical (unpaired) electrons. The number of benzene rings is 2. The van der Waals surface area contributed by atoms with Crippen LogP contribution in [-0.4, -0.2) is 27.5 Å². The molecule has 27 heavy (non-hydrogen) atoms. The van der Waals surface area contributed by atoms with Crippen molar-refractivity contribution in [3.05, 3.63) is 65.5 Å². The molecule has 0 saturated heterocycles. The van der Waals surface area contributed by atoms with Crippen molar-refractivity contribution in [2.75, 3.05) is 5.32 Å². The lowest BCUT2D eigenvalue weighted by Gasteiger charge is -2.07. The minimum absolute atomic E-state index is 0.0417. The predicted molar refractivity (Wildman–Crippen MR) is 96.5 cm³/mol. The topological polar surface area (TPSA) is 69.0 Å². The fourth-order valence-electron chi connectivity index (χ4n) is 2.57. The average Bonchev–Trinajstić information content (AvgIpc) is 3.04. The van der Waals surface area contributed by atoms with Crippen LogP contribution < -0.4 is 10.1 Å². The van der Waals surface area contributed by atoms with E-state index in [0.717, 1.165) is 6.42 Å². The molecule has 0 aliphatic heterocycles. The summed E-state index contributed by atoms with van der Waals surface area (Å²) in [5.41, 5.74) is 3.13. The van der Waals surface area contributed by atoms with Crippen LogP contribution >= 0.6 is 0 Å². The molecule has 3 rings (SSSR count). The fourth-order valence-corrected chi connectivity index (χ4v) is 2.57. The Kier molecular flexibility index (Phi) is 5.44. The summed E-state index contributed by atoms with van der Waals surface area (Å²) in [6.07, 6.45) is 0.919. The van der Waals surface area contributed by atoms with E-state index in [0.29, 0.717) is 17.1 Å². The number of carbonyl (C=O) groups excluding carboxylic acids is 1. The van der Waals surface area contributed by atoms with Crippen LogP contribution in [0.3, 0.4) is 0 Å². The highest BCUT2D eigenvalue weighted by Crippen LogP contribution is 2.19. The van der Waals surface area contributed by atoms with Crippen molar-refractivity contribution >= 4 is 11.6 Å². The van der Waals surface area contributed by atoms with Crippen molar-refractivity contribution in [1.82, 2.24) is 15.0 Å². The molecule has 140 valence electrons. The van der Waals surface area contributed by atoms with Gasteiger partial charge in [0.1, 0.15) is 5.75 Å². The summed E-state index contributed by atoms with van der Waals surface area (Å²) in [5, 5.41) is 10.7. The van der Waals surface area contributed by atoms with Crippen LogP contribution in [-0.2, 0) is 6.42 Å². The molecule has 0 saturated carbocycles. The van der Waals surface area contributed by atoms with Crippen LogP contribution in [0.25, 0.3) is 5.69 Å². The summed E-state index contributed by atoms with van der Waals surface area (Å²) in [6, 6.07) is 13.5. The van der Waals surface area contributed by atoms with Crippen molar-refractivity contribution in [3.63, 3.8) is 0 Å². The van der Waals surface area contributed by atoms with Crippen molar-refractivity contribution in [1.29, 1.82) is 0 Å². The highest BCUT2D eigenvalue weighted by Gasteiger charge is 2.17. The third-order valence-corrected chi connectivity index (χ3v) is 4.04. The van der Waals surface area contributed by atoms with Gasteiger partial charge >= 0.3 is 6.61 Å². The van der Waals surface area contributed by atoms with Gasteiger partial charge in [0.05, 0.1) is 11.4 Å². The van der Waals surface area contributed by atoms with Crippen LogP contribution in [0, 0.1) is 6.92 Å². The molecule has 0 spiro atoms. The molecule has 6 nitrogen and oxygen atoms in total. The number of alkyl halides is 2. The standard InChI is InChI=1S/C19H18F2N4O2/c1-3-13-4-6-14(7-5-13)22-18(26)17-12(2)25(24-23-17)15-8-10-16(11-9-15)27-19(20)21/h4-11,19H,3H2,1-2H3,(H,22,26). The zero-order valence-corrected chi connectivity index (χ0v) is 14.8. The third-order valence-electron chi connectivity index (χ3n) is 4.04. The monoisotopic (exact) mass is 372 g/mol. The van der Waals surface area contributed by atoms with Crippen molar-refractivity contribution < 1.29 is 18.3 Å². The Morgan fingerprint density at radius 3 is 2.41 bits per heavy atom. The summed E-state index contributed by atoms with van der Waals surface area (Å²) in [5.74, 6) is -0.333. The number of nitrogens with one attached hydrogen (secondary N) is 1. The lowest BCUT2D eigenvalue weighted by molar-refractivity contribution is -0.0498. The molecule has 1 aromatic heterocycles. The SMILES string of the molecule is CCc1ccc(NC(=O)c2nnn(-c3ccc(OC(F)F)cc3)c2C)cc1. The first kappa shape index (κ1) is 18.5. The van der Waals surface area contributed by atoms with Crippen molar-refractivity contribution in [2.45, 2.75) is 26.9 Å². The van der Waals surface area contributed by atoms with Gasteiger partial charge in [0.25, 0.3) is 5.91 Å². The van der Waals surface area contributed by atoms with Gasteiger partial charge in [-0.1, -0.05) is 24.3 Å². The summed E-state index contributed by atoms with van der Waals surface area (Å²) in [6.45, 7) is 0.880. The molecular weight excluding hydrogens is 354 g/mol. The quantitative estimate of drug-likeness (QED) is 0.710. The Bertz CT molecular complexity index is 922. The van der Waals surface area contributed by atoms with Crippen LogP contribution in [0.1, 0.15) is 28.7 Å². The van der Waals surface area contributed by atoms with E-state index >= 15 is 0 Å². The molecule has 0 fully saturated rings. The fraction of sp³-hybridized carbons (Fsp3) is 0.211. The van der Waals surface area contributed by atoms with Gasteiger partial charge in [-0.15, -0.1) is 5.10 Å². The minimum atomic E-state index is -2.88. The maximum Gasteiger partial charge on any atom is 0.387 e. The highest BCUT2D eigenvalue weighted by molar-refractivity contribution is 6.03. The number of carbonyl (C=O) groups is 1. The van der Waals surface area contributed by atoms with Crippen LogP contribution in [0.4, 0.5) is 14.5 Å². The number of ether oxygens (including phenoxy) is 1. The van der Waals surface area contributed by atoms with Gasteiger partial charge in [0.2, 0.25) is 0 Å². The van der Waals surface area contributed by atoms with E-state index < -0.39 is 6.61 Å². The van der Waals surface area contributed by atoms with E-state index in [4.69, 9.17) is 0 Å². The molecular formula is C19H18F2N4O2. The summed E-state index contributed by atoms with van der Waals surface area (Å²) < 4.78 is 30.2. The molecule has 2 aromatic carbocycles. The Hall–Kier alpha value is -3.29. The number of hydrogen-bond donors (Lipinski definition) is 1. The molecule has 0 bridgehead atoms. The number of rotatable bonds is 6. The molecule has 0 atom stereocenters. The number of halogens is 2. The van der Waals surface area contributed by atoms with E-state index in [1.165, 1.54) is 22.4 Å². The maximum atomic E-state index is 12.5. The van der Waals surface area contributed by atoms with Crippen molar-refractivity contribution in [3.8, 4) is 11.4 Å². The number of aryl methyl sites for hydroxylation is 1. The minimum Gasteiger partial charge on any atom is -0.435 e. The largest absolute Gasteiger partial charge is 0.435 e. The van der Waals surface area contributed by atoms with Gasteiger partial charge in [0, 0.05) is 5.69 Å². The normalized spacial score (nSPS) is 10.9. The number of amides is 1. The van der Waals surface area contributed by atoms with Crippen LogP contribution in [0.15, 0.2) is 48.5 Å². The van der Waals surface area contributed by atoms with Gasteiger partial charge in [-0.25, -0.2) is 4.68 Å². The first-order valence-corrected chi connectivity index (χ1v) is 8.35. The van der Waals surface area contributed by atoms with Gasteiger partial charge in [-0.05, 0) is 55.3 Å². The third kappa shape index (κ3) is 4.28. The second-order valence-corrected chi connectivity index (χ2v) is 5.81. The lowest BCUT2D eigenvalue weighted by Crippen LogP contribution is -2.14. The summed E-state index contributed by atoms with van der Waals surface area (Å²) in [7, 11) is 0. The number of nitrogens with zero attached hydrogens (tertiary/aromatic N) is 3. The van der Waals surface area contributed by atoms with Crippen molar-refractivity contribution in [2.24, 2.45) is 0 Å². The molecule has 0 aliphatic rings. The van der Waals surface area contributed by atoms with E-state index in [1.54, 1.807) is 19.1 Å². The Morgan fingerprint density at radius 1 is 1.15 bits per heavy atom. The Balaban J connectivity index is 1.76. The zero-order chi connectivity index (χ0) is 19.4. The van der Waals surface area contributed by atoms with E-state index in [2.05, 4.69) is 27.3 Å². The Labute approximate surface area is 154 Å². The number of hydrogen-bond acceptors (Lipinski definition) is 4. The van der Waals surface area contributed by atoms with Gasteiger partial charge in [-0.3, -0.25) is 4.79 Å². The molecule has 1 amide bonds.